The number of hydrogen-bond acceptors (Lipinski definition) is 10. The number of carbonyl (C=O) groups is 7. The van der Waals surface area contributed by atoms with Crippen LogP contribution < -0.4 is 43.8 Å². The summed E-state index contributed by atoms with van der Waals surface area (Å²) in [7, 11) is 0. The Morgan fingerprint density at radius 2 is 1.19 bits per heavy atom. The van der Waals surface area contributed by atoms with Crippen LogP contribution in [0.1, 0.15) is 97.5 Å². The van der Waals surface area contributed by atoms with E-state index in [1.54, 1.807) is 20.0 Å². The van der Waals surface area contributed by atoms with E-state index in [2.05, 4.69) is 31.6 Å². The Kier molecular flexibility index (Phi) is 21.4. The minimum absolute atomic E-state index is 0.000747. The molecule has 1 heterocycles. The zero-order valence-electron chi connectivity index (χ0n) is 34.2. The van der Waals surface area contributed by atoms with Gasteiger partial charge in [0.25, 0.3) is 0 Å². The lowest BCUT2D eigenvalue weighted by atomic mass is 9.98. The van der Waals surface area contributed by atoms with Crippen molar-refractivity contribution in [2.24, 2.45) is 29.0 Å². The minimum atomic E-state index is -1.46. The summed E-state index contributed by atoms with van der Waals surface area (Å²) in [5, 5.41) is 33.3. The molecule has 18 nitrogen and oxygen atoms in total. The van der Waals surface area contributed by atoms with E-state index >= 15 is 0 Å². The highest BCUT2D eigenvalue weighted by molar-refractivity contribution is 5.97. The van der Waals surface area contributed by atoms with Crippen LogP contribution in [-0.4, -0.2) is 106 Å². The second-order valence-electron chi connectivity index (χ2n) is 15.3. The standard InChI is InChI=1S/C40H65N9O9/c1-5-24(4)34(40(57)58)49-38(55)30(15-9-11-19-42)46-36(53)29(14-8-10-18-41)45-37(54)31(16-17-33(50)51)47-39(56)32(48-35(52)27(43)20-23(2)3)21-25-22-44-28-13-7-6-12-26(25)28/h6-7,12-13,22-24,27,29-32,34,44H,5,8-11,14-21,41-43H2,1-4H3,(H,45,54)(H,46,53)(H,47,56)(H,48,52)(H,49,55)(H,50,51)(H,57,58)/t24-,27-,29-,30-,31-,32-,34-/m0/s1. The number of unbranched alkanes of at least 4 members (excludes halogenated alkanes) is 2. The summed E-state index contributed by atoms with van der Waals surface area (Å²) in [6.07, 6.45) is 3.68. The van der Waals surface area contributed by atoms with Gasteiger partial charge in [-0.2, -0.15) is 0 Å². The highest BCUT2D eigenvalue weighted by Crippen LogP contribution is 2.20. The van der Waals surface area contributed by atoms with Gasteiger partial charge in [-0.15, -0.1) is 0 Å². The average molecular weight is 816 g/mol. The van der Waals surface area contributed by atoms with Crippen LogP contribution >= 0.6 is 0 Å². The van der Waals surface area contributed by atoms with E-state index in [0.717, 1.165) is 10.9 Å². The lowest BCUT2D eigenvalue weighted by molar-refractivity contribution is -0.144. The van der Waals surface area contributed by atoms with Crippen LogP contribution in [0.25, 0.3) is 10.9 Å². The first-order valence-corrected chi connectivity index (χ1v) is 20.2. The number of nitrogens with one attached hydrogen (secondary N) is 6. The Bertz CT molecular complexity index is 1670. The number of aromatic amines is 1. The van der Waals surface area contributed by atoms with Crippen molar-refractivity contribution >= 4 is 52.4 Å². The lowest BCUT2D eigenvalue weighted by Gasteiger charge is -2.28. The SMILES string of the molecule is CC[C@H](C)[C@H](NC(=O)[C@H](CCCCN)NC(=O)[C@H](CCCCN)NC(=O)[C@H](CCC(=O)O)NC(=O)[C@H](Cc1c[nH]c2ccccc12)NC(=O)[C@@H](N)CC(C)C)C(=O)O. The van der Waals surface area contributed by atoms with Gasteiger partial charge in [-0.25, -0.2) is 4.79 Å². The van der Waals surface area contributed by atoms with E-state index in [1.165, 1.54) is 0 Å². The highest BCUT2D eigenvalue weighted by Gasteiger charge is 2.34. The molecular weight excluding hydrogens is 750 g/mol. The molecule has 0 unspecified atom stereocenters. The van der Waals surface area contributed by atoms with E-state index in [-0.39, 0.29) is 31.6 Å². The first kappa shape index (κ1) is 49.1. The Balaban J connectivity index is 2.41. The van der Waals surface area contributed by atoms with Gasteiger partial charge in [0.15, 0.2) is 0 Å². The van der Waals surface area contributed by atoms with Gasteiger partial charge in [0.2, 0.25) is 29.5 Å². The van der Waals surface area contributed by atoms with Gasteiger partial charge < -0.3 is 59.0 Å². The van der Waals surface area contributed by atoms with Crippen molar-refractivity contribution < 1.29 is 43.8 Å². The number of carboxylic acid groups (broad SMARTS) is 2. The number of aromatic nitrogens is 1. The van der Waals surface area contributed by atoms with E-state index in [9.17, 15) is 43.8 Å². The molecule has 7 atom stereocenters. The van der Waals surface area contributed by atoms with Gasteiger partial charge in [-0.1, -0.05) is 52.3 Å². The Hall–Kier alpha value is -5.07. The molecule has 0 saturated heterocycles. The van der Waals surface area contributed by atoms with E-state index < -0.39 is 90.1 Å². The molecule has 324 valence electrons. The van der Waals surface area contributed by atoms with Gasteiger partial charge in [-0.05, 0) is 87.9 Å². The molecule has 2 aromatic rings. The number of carbonyl (C=O) groups excluding carboxylic acids is 5. The molecule has 0 aliphatic carbocycles. The summed E-state index contributed by atoms with van der Waals surface area (Å²) >= 11 is 0. The van der Waals surface area contributed by atoms with E-state index in [0.29, 0.717) is 57.2 Å². The molecule has 0 spiro atoms. The maximum Gasteiger partial charge on any atom is 0.326 e. The van der Waals surface area contributed by atoms with Crippen molar-refractivity contribution in [2.45, 2.75) is 135 Å². The van der Waals surface area contributed by atoms with Crippen molar-refractivity contribution in [3.63, 3.8) is 0 Å². The monoisotopic (exact) mass is 815 g/mol. The molecule has 0 bridgehead atoms. The van der Waals surface area contributed by atoms with Crippen molar-refractivity contribution in [1.29, 1.82) is 0 Å². The highest BCUT2D eigenvalue weighted by atomic mass is 16.4. The molecule has 14 N–H and O–H groups in total. The topological polar surface area (TPSA) is 314 Å². The van der Waals surface area contributed by atoms with Crippen molar-refractivity contribution in [1.82, 2.24) is 31.6 Å². The molecule has 0 fully saturated rings. The minimum Gasteiger partial charge on any atom is -0.481 e. The largest absolute Gasteiger partial charge is 0.481 e. The van der Waals surface area contributed by atoms with Crippen LogP contribution in [0.15, 0.2) is 30.5 Å². The maximum absolute atomic E-state index is 14.0. The third kappa shape index (κ3) is 16.4. The fraction of sp³-hybridized carbons (Fsp3) is 0.625. The van der Waals surface area contributed by atoms with Gasteiger partial charge in [-0.3, -0.25) is 28.8 Å². The zero-order valence-corrected chi connectivity index (χ0v) is 34.2. The number of nitrogens with two attached hydrogens (primary N) is 3. The second-order valence-corrected chi connectivity index (χ2v) is 15.3. The van der Waals surface area contributed by atoms with E-state index in [1.807, 2.05) is 38.1 Å². The van der Waals surface area contributed by atoms with Crippen LogP contribution in [0.5, 0.6) is 0 Å². The van der Waals surface area contributed by atoms with Gasteiger partial charge in [0, 0.05) is 29.9 Å². The molecule has 0 aliphatic heterocycles. The van der Waals surface area contributed by atoms with Crippen LogP contribution in [0, 0.1) is 11.8 Å². The summed E-state index contributed by atoms with van der Waals surface area (Å²) in [4.78, 5) is 95.4. The molecule has 1 aromatic carbocycles. The fourth-order valence-electron chi connectivity index (χ4n) is 6.44. The summed E-state index contributed by atoms with van der Waals surface area (Å²) < 4.78 is 0. The normalized spacial score (nSPS) is 15.0. The molecular formula is C40H65N9O9. The molecule has 0 radical (unpaired) electrons. The molecule has 18 heteroatoms. The summed E-state index contributed by atoms with van der Waals surface area (Å²) in [6, 6.07) is 0.119. The number of carboxylic acids is 2. The van der Waals surface area contributed by atoms with Crippen molar-refractivity contribution in [3.8, 4) is 0 Å². The smallest absolute Gasteiger partial charge is 0.326 e. The quantitative estimate of drug-likeness (QED) is 0.0531. The number of para-hydroxylation sites is 1. The summed E-state index contributed by atoms with van der Waals surface area (Å²) in [6.45, 7) is 7.89. The molecule has 1 aromatic heterocycles. The molecule has 5 amide bonds. The van der Waals surface area contributed by atoms with Gasteiger partial charge >= 0.3 is 11.9 Å². The zero-order chi connectivity index (χ0) is 43.4. The Morgan fingerprint density at radius 3 is 1.69 bits per heavy atom. The molecule has 0 saturated carbocycles. The second kappa shape index (κ2) is 25.3. The van der Waals surface area contributed by atoms with Crippen LogP contribution in [-0.2, 0) is 40.0 Å². The Labute approximate surface area is 339 Å². The number of rotatable bonds is 28. The molecule has 58 heavy (non-hydrogen) atoms. The summed E-state index contributed by atoms with van der Waals surface area (Å²) in [5.41, 5.74) is 19.0. The van der Waals surface area contributed by atoms with Crippen molar-refractivity contribution in [2.75, 3.05) is 13.1 Å². The van der Waals surface area contributed by atoms with E-state index in [4.69, 9.17) is 17.2 Å². The van der Waals surface area contributed by atoms with Crippen LogP contribution in [0.4, 0.5) is 0 Å². The first-order chi connectivity index (χ1) is 27.5. The average Bonchev–Trinajstić information content (AvgIpc) is 3.58. The van der Waals surface area contributed by atoms with Crippen LogP contribution in [0.3, 0.4) is 0 Å². The number of aliphatic carboxylic acids is 2. The Morgan fingerprint density at radius 1 is 0.690 bits per heavy atom. The molecule has 0 aliphatic rings. The first-order valence-electron chi connectivity index (χ1n) is 20.2. The van der Waals surface area contributed by atoms with Gasteiger partial charge in [0.05, 0.1) is 6.04 Å². The fourth-order valence-corrected chi connectivity index (χ4v) is 6.44. The maximum atomic E-state index is 14.0. The van der Waals surface area contributed by atoms with Crippen LogP contribution in [0.2, 0.25) is 0 Å². The molecule has 2 rings (SSSR count). The lowest BCUT2D eigenvalue weighted by Crippen LogP contribution is -2.59. The number of H-pyrrole nitrogens is 1. The number of fused-ring (bicyclic) bond motifs is 1. The summed E-state index contributed by atoms with van der Waals surface area (Å²) in [5.74, 6) is -6.49. The number of amides is 5. The van der Waals surface area contributed by atoms with Crippen molar-refractivity contribution in [3.05, 3.63) is 36.0 Å². The number of benzene rings is 1. The predicted octanol–water partition coefficient (Wildman–Crippen LogP) is 0.761. The number of hydrogen-bond donors (Lipinski definition) is 11. The predicted molar refractivity (Wildman–Crippen MR) is 219 cm³/mol. The van der Waals surface area contributed by atoms with Gasteiger partial charge in [0.1, 0.15) is 30.2 Å². The third-order valence-corrected chi connectivity index (χ3v) is 10.0. The third-order valence-electron chi connectivity index (χ3n) is 10.0.